The fourth-order valence-electron chi connectivity index (χ4n) is 2.13. The Morgan fingerprint density at radius 2 is 1.73 bits per heavy atom. The van der Waals surface area contributed by atoms with Gasteiger partial charge in [0, 0.05) is 12.1 Å². The van der Waals surface area contributed by atoms with Crippen molar-refractivity contribution >= 4 is 62.1 Å². The Morgan fingerprint density at radius 3 is 2.27 bits per heavy atom. The summed E-state index contributed by atoms with van der Waals surface area (Å²) < 4.78 is 12.1. The number of hydrogen-bond acceptors (Lipinski definition) is 5. The largest absolute Gasteiger partial charge is 0.469 e. The van der Waals surface area contributed by atoms with Crippen LogP contribution in [0.3, 0.4) is 0 Å². The van der Waals surface area contributed by atoms with E-state index < -0.39 is 0 Å². The Kier molecular flexibility index (Phi) is 7.99. The summed E-state index contributed by atoms with van der Waals surface area (Å²) in [5.41, 5.74) is 1.65. The van der Waals surface area contributed by atoms with Gasteiger partial charge in [-0.15, -0.1) is 0 Å². The first kappa shape index (κ1) is 20.8. The molecule has 2 aromatic carbocycles. The van der Waals surface area contributed by atoms with Gasteiger partial charge in [-0.3, -0.25) is 9.59 Å². The average molecular weight is 503 g/mol. The van der Waals surface area contributed by atoms with Crippen LogP contribution in [0.5, 0.6) is 11.5 Å². The topological polar surface area (TPSA) is 64.6 Å². The van der Waals surface area contributed by atoms with Gasteiger partial charge in [0.15, 0.2) is 5.75 Å². The minimum atomic E-state index is -0.248. The molecule has 26 heavy (non-hydrogen) atoms. The van der Waals surface area contributed by atoms with E-state index in [0.717, 1.165) is 14.5 Å². The van der Waals surface area contributed by atoms with Gasteiger partial charge < -0.3 is 14.8 Å². The molecule has 8 heteroatoms. The highest BCUT2D eigenvalue weighted by atomic mass is 79.9. The number of methoxy groups -OCH3 is 1. The van der Waals surface area contributed by atoms with Gasteiger partial charge in [-0.25, -0.2) is 0 Å². The SMILES string of the molecule is COC(=O)CCc1cc(Br)c(Oc2ccc(NC(=O)CS)cc2)c(Br)c1. The van der Waals surface area contributed by atoms with Crippen LogP contribution in [0.2, 0.25) is 0 Å². The molecule has 138 valence electrons. The first-order chi connectivity index (χ1) is 12.4. The van der Waals surface area contributed by atoms with Crippen molar-refractivity contribution in [1.29, 1.82) is 0 Å². The van der Waals surface area contributed by atoms with E-state index in [0.29, 0.717) is 30.0 Å². The molecule has 0 aliphatic rings. The van der Waals surface area contributed by atoms with Crippen LogP contribution in [0.25, 0.3) is 0 Å². The number of aryl methyl sites for hydroxylation is 1. The van der Waals surface area contributed by atoms with Gasteiger partial charge in [-0.1, -0.05) is 0 Å². The maximum atomic E-state index is 11.3. The quantitative estimate of drug-likeness (QED) is 0.414. The molecule has 1 N–H and O–H groups in total. The number of nitrogens with one attached hydrogen (secondary N) is 1. The zero-order valence-corrected chi connectivity index (χ0v) is 18.0. The minimum absolute atomic E-state index is 0.125. The number of esters is 1. The van der Waals surface area contributed by atoms with E-state index in [1.165, 1.54) is 7.11 Å². The minimum Gasteiger partial charge on any atom is -0.469 e. The molecular weight excluding hydrogens is 486 g/mol. The zero-order chi connectivity index (χ0) is 19.1. The highest BCUT2D eigenvalue weighted by Crippen LogP contribution is 2.38. The normalized spacial score (nSPS) is 10.3. The summed E-state index contributed by atoms with van der Waals surface area (Å²) in [5, 5.41) is 2.71. The molecule has 0 heterocycles. The number of rotatable bonds is 7. The highest BCUT2D eigenvalue weighted by Gasteiger charge is 2.12. The molecule has 0 aliphatic heterocycles. The maximum absolute atomic E-state index is 11.3. The summed E-state index contributed by atoms with van der Waals surface area (Å²) in [6.07, 6.45) is 0.888. The van der Waals surface area contributed by atoms with Crippen molar-refractivity contribution < 1.29 is 19.1 Å². The maximum Gasteiger partial charge on any atom is 0.305 e. The van der Waals surface area contributed by atoms with E-state index in [4.69, 9.17) is 4.74 Å². The van der Waals surface area contributed by atoms with Gasteiger partial charge >= 0.3 is 5.97 Å². The van der Waals surface area contributed by atoms with E-state index in [1.54, 1.807) is 24.3 Å². The van der Waals surface area contributed by atoms with Crippen molar-refractivity contribution in [2.24, 2.45) is 0 Å². The van der Waals surface area contributed by atoms with E-state index in [9.17, 15) is 9.59 Å². The van der Waals surface area contributed by atoms with Gasteiger partial charge in [-0.05, 0) is 80.2 Å². The number of halogens is 2. The fraction of sp³-hybridized carbons (Fsp3) is 0.222. The van der Waals surface area contributed by atoms with E-state index in [-0.39, 0.29) is 17.6 Å². The summed E-state index contributed by atoms with van der Waals surface area (Å²) in [6.45, 7) is 0. The standard InChI is InChI=1S/C18H17Br2NO4S/c1-24-17(23)7-2-11-8-14(19)18(15(20)9-11)25-13-5-3-12(4-6-13)21-16(22)10-26/h3-6,8-9,26H,2,7,10H2,1H3,(H,21,22). The van der Waals surface area contributed by atoms with Crippen molar-refractivity contribution in [2.75, 3.05) is 18.2 Å². The Labute approximate surface area is 174 Å². The summed E-state index contributed by atoms with van der Waals surface area (Å²) in [5.74, 6) is 0.953. The predicted molar refractivity (Wildman–Crippen MR) is 111 cm³/mol. The lowest BCUT2D eigenvalue weighted by Crippen LogP contribution is -2.12. The molecular formula is C18H17Br2NO4S. The number of benzene rings is 2. The van der Waals surface area contributed by atoms with Gasteiger partial charge in [0.05, 0.1) is 21.8 Å². The molecule has 1 amide bonds. The third-order valence-electron chi connectivity index (χ3n) is 3.41. The number of carbonyl (C=O) groups excluding carboxylic acids is 2. The van der Waals surface area contributed by atoms with E-state index in [1.807, 2.05) is 12.1 Å². The molecule has 0 bridgehead atoms. The lowest BCUT2D eigenvalue weighted by Gasteiger charge is -2.12. The summed E-state index contributed by atoms with van der Waals surface area (Å²) in [4.78, 5) is 22.6. The monoisotopic (exact) mass is 501 g/mol. The Hall–Kier alpha value is -1.51. The first-order valence-corrected chi connectivity index (χ1v) is 9.88. The first-order valence-electron chi connectivity index (χ1n) is 7.66. The molecule has 0 saturated carbocycles. The fourth-order valence-corrected chi connectivity index (χ4v) is 3.65. The van der Waals surface area contributed by atoms with Crippen LogP contribution >= 0.6 is 44.5 Å². The molecule has 0 atom stereocenters. The number of anilines is 1. The number of thiol groups is 1. The zero-order valence-electron chi connectivity index (χ0n) is 13.9. The number of amides is 1. The van der Waals surface area contributed by atoms with Crippen molar-refractivity contribution in [3.63, 3.8) is 0 Å². The second kappa shape index (κ2) is 9.99. The highest BCUT2D eigenvalue weighted by molar-refractivity contribution is 9.11. The Morgan fingerprint density at radius 1 is 1.12 bits per heavy atom. The van der Waals surface area contributed by atoms with Crippen molar-refractivity contribution in [1.82, 2.24) is 0 Å². The van der Waals surface area contributed by atoms with E-state index >= 15 is 0 Å². The molecule has 0 radical (unpaired) electrons. The van der Waals surface area contributed by atoms with Gasteiger partial charge in [-0.2, -0.15) is 12.6 Å². The van der Waals surface area contributed by atoms with Gasteiger partial charge in [0.25, 0.3) is 0 Å². The van der Waals surface area contributed by atoms with Crippen LogP contribution in [0.1, 0.15) is 12.0 Å². The van der Waals surface area contributed by atoms with Crippen LogP contribution in [-0.2, 0) is 20.7 Å². The number of carbonyl (C=O) groups is 2. The van der Waals surface area contributed by atoms with Crippen LogP contribution in [0.4, 0.5) is 5.69 Å². The molecule has 0 aromatic heterocycles. The average Bonchev–Trinajstić information content (AvgIpc) is 2.63. The third kappa shape index (κ3) is 6.03. The number of hydrogen-bond donors (Lipinski definition) is 2. The third-order valence-corrected chi connectivity index (χ3v) is 4.87. The molecule has 2 rings (SSSR count). The van der Waals surface area contributed by atoms with Crippen LogP contribution in [0.15, 0.2) is 45.3 Å². The lowest BCUT2D eigenvalue weighted by molar-refractivity contribution is -0.140. The summed E-state index contributed by atoms with van der Waals surface area (Å²) in [7, 11) is 1.38. The molecule has 0 unspecified atom stereocenters. The summed E-state index contributed by atoms with van der Waals surface area (Å²) in [6, 6.07) is 10.8. The van der Waals surface area contributed by atoms with Crippen LogP contribution in [-0.4, -0.2) is 24.7 Å². The van der Waals surface area contributed by atoms with Crippen molar-refractivity contribution in [2.45, 2.75) is 12.8 Å². The Bertz CT molecular complexity index is 773. The molecule has 0 fully saturated rings. The Balaban J connectivity index is 2.09. The smallest absolute Gasteiger partial charge is 0.305 e. The molecule has 5 nitrogen and oxygen atoms in total. The van der Waals surface area contributed by atoms with Gasteiger partial charge in [0.1, 0.15) is 5.75 Å². The molecule has 0 spiro atoms. The van der Waals surface area contributed by atoms with Crippen LogP contribution < -0.4 is 10.1 Å². The van der Waals surface area contributed by atoms with Crippen LogP contribution in [0, 0.1) is 0 Å². The van der Waals surface area contributed by atoms with E-state index in [2.05, 4.69) is 54.5 Å². The lowest BCUT2D eigenvalue weighted by atomic mass is 10.1. The predicted octanol–water partition coefficient (Wildman–Crippen LogP) is 4.98. The van der Waals surface area contributed by atoms with Crippen molar-refractivity contribution in [3.05, 3.63) is 50.9 Å². The molecule has 0 aliphatic carbocycles. The summed E-state index contributed by atoms with van der Waals surface area (Å²) >= 11 is 10.9. The number of ether oxygens (including phenoxy) is 2. The molecule has 2 aromatic rings. The van der Waals surface area contributed by atoms with Gasteiger partial charge in [0.2, 0.25) is 5.91 Å². The second-order valence-electron chi connectivity index (χ2n) is 5.30. The van der Waals surface area contributed by atoms with Crippen molar-refractivity contribution in [3.8, 4) is 11.5 Å². The molecule has 0 saturated heterocycles. The second-order valence-corrected chi connectivity index (χ2v) is 7.32.